The van der Waals surface area contributed by atoms with Gasteiger partial charge in [0.25, 0.3) is 5.91 Å². The summed E-state index contributed by atoms with van der Waals surface area (Å²) in [4.78, 5) is 23.3. The Morgan fingerprint density at radius 1 is 1.03 bits per heavy atom. The van der Waals surface area contributed by atoms with Crippen molar-refractivity contribution >= 4 is 40.6 Å². The quantitative estimate of drug-likeness (QED) is 0.430. The van der Waals surface area contributed by atoms with E-state index in [-0.39, 0.29) is 0 Å². The van der Waals surface area contributed by atoms with Crippen LogP contribution >= 0.6 is 11.6 Å². The van der Waals surface area contributed by atoms with Gasteiger partial charge >= 0.3 is 0 Å². The number of amides is 1. The lowest BCUT2D eigenvalue weighted by atomic mass is 10.0. The molecule has 1 aliphatic heterocycles. The second-order valence-electron chi connectivity index (χ2n) is 9.01. The van der Waals surface area contributed by atoms with Crippen molar-refractivity contribution in [2.24, 2.45) is 5.73 Å². The molecule has 2 heterocycles. The first-order valence-electron chi connectivity index (χ1n) is 11.9. The van der Waals surface area contributed by atoms with Crippen LogP contribution in [0.15, 0.2) is 48.7 Å². The Labute approximate surface area is 204 Å². The van der Waals surface area contributed by atoms with Crippen molar-refractivity contribution in [1.29, 1.82) is 0 Å². The number of anilines is 4. The normalized spacial score (nSPS) is 18.2. The first-order chi connectivity index (χ1) is 16.6. The average molecular weight is 477 g/mol. The number of para-hydroxylation sites is 1. The van der Waals surface area contributed by atoms with Gasteiger partial charge in [-0.2, -0.15) is 4.98 Å². The molecule has 0 unspecified atom stereocenters. The van der Waals surface area contributed by atoms with Crippen LogP contribution in [0.4, 0.5) is 23.1 Å². The first kappa shape index (κ1) is 22.6. The summed E-state index contributed by atoms with van der Waals surface area (Å²) in [5.41, 5.74) is 10.2. The number of carbonyl (C=O) groups excluding carboxylic acids is 1. The summed E-state index contributed by atoms with van der Waals surface area (Å²) in [6.07, 6.45) is 8.87. The smallest absolute Gasteiger partial charge is 0.250 e. The van der Waals surface area contributed by atoms with E-state index in [9.17, 15) is 4.79 Å². The number of nitrogens with one attached hydrogen (secondary N) is 2. The molecular formula is C26H29ClN6O. The third kappa shape index (κ3) is 5.00. The molecule has 2 aliphatic rings. The Morgan fingerprint density at radius 2 is 1.79 bits per heavy atom. The summed E-state index contributed by atoms with van der Waals surface area (Å²) in [6.45, 7) is 2.50. The van der Waals surface area contributed by atoms with E-state index >= 15 is 0 Å². The molecule has 0 spiro atoms. The number of likely N-dealkylation sites (tertiary alicyclic amines) is 1. The van der Waals surface area contributed by atoms with Gasteiger partial charge in [-0.3, -0.25) is 4.79 Å². The molecule has 0 bridgehead atoms. The zero-order valence-electron chi connectivity index (χ0n) is 19.1. The molecule has 1 aliphatic carbocycles. The van der Waals surface area contributed by atoms with Gasteiger partial charge in [0, 0.05) is 11.7 Å². The second kappa shape index (κ2) is 9.99. The zero-order chi connectivity index (χ0) is 23.5. The third-order valence-electron chi connectivity index (χ3n) is 6.80. The number of aromatic nitrogens is 2. The van der Waals surface area contributed by atoms with Gasteiger partial charge in [0.2, 0.25) is 5.95 Å². The van der Waals surface area contributed by atoms with E-state index < -0.39 is 5.91 Å². The lowest BCUT2D eigenvalue weighted by molar-refractivity contribution is 0.100. The Balaban J connectivity index is 1.31. The van der Waals surface area contributed by atoms with E-state index in [0.717, 1.165) is 18.5 Å². The molecule has 1 atom stereocenters. The number of aryl methyl sites for hydroxylation is 2. The molecular weight excluding hydrogens is 448 g/mol. The molecule has 1 fully saturated rings. The van der Waals surface area contributed by atoms with Crippen LogP contribution in [0.5, 0.6) is 0 Å². The molecule has 7 nitrogen and oxygen atoms in total. The number of halogens is 1. The summed E-state index contributed by atoms with van der Waals surface area (Å²) < 4.78 is 0. The predicted octanol–water partition coefficient (Wildman–Crippen LogP) is 5.06. The van der Waals surface area contributed by atoms with E-state index in [1.165, 1.54) is 56.1 Å². The van der Waals surface area contributed by atoms with Gasteiger partial charge in [-0.25, -0.2) is 4.98 Å². The van der Waals surface area contributed by atoms with Gasteiger partial charge in [0.15, 0.2) is 5.82 Å². The SMILES string of the molecule is NC(=O)c1ccccc1Nc1nc(Nc2ccc3c(c2)CC[C@@H](N2CCCC2)CC3)ncc1Cl. The molecule has 176 valence electrons. The van der Waals surface area contributed by atoms with Crippen LogP contribution in [0.25, 0.3) is 0 Å². The number of hydrogen-bond donors (Lipinski definition) is 3. The lowest BCUT2D eigenvalue weighted by Gasteiger charge is -2.25. The van der Waals surface area contributed by atoms with E-state index in [1.807, 2.05) is 6.07 Å². The highest BCUT2D eigenvalue weighted by Gasteiger charge is 2.24. The molecule has 0 saturated carbocycles. The fourth-order valence-electron chi connectivity index (χ4n) is 5.02. The van der Waals surface area contributed by atoms with Crippen LogP contribution < -0.4 is 16.4 Å². The molecule has 3 aromatic rings. The highest BCUT2D eigenvalue weighted by Crippen LogP contribution is 2.30. The van der Waals surface area contributed by atoms with Crippen LogP contribution in [0.1, 0.15) is 47.2 Å². The van der Waals surface area contributed by atoms with Crippen LogP contribution in [-0.4, -0.2) is 39.9 Å². The van der Waals surface area contributed by atoms with E-state index in [4.69, 9.17) is 17.3 Å². The summed E-state index contributed by atoms with van der Waals surface area (Å²) in [5.74, 6) is 0.298. The fraction of sp³-hybridized carbons (Fsp3) is 0.346. The number of carbonyl (C=O) groups is 1. The van der Waals surface area contributed by atoms with Crippen molar-refractivity contribution in [1.82, 2.24) is 14.9 Å². The van der Waals surface area contributed by atoms with Gasteiger partial charge in [-0.1, -0.05) is 29.8 Å². The van der Waals surface area contributed by atoms with Gasteiger partial charge in [0.05, 0.1) is 17.4 Å². The molecule has 34 heavy (non-hydrogen) atoms. The van der Waals surface area contributed by atoms with Crippen LogP contribution in [0.3, 0.4) is 0 Å². The number of nitrogens with zero attached hydrogens (tertiary/aromatic N) is 3. The average Bonchev–Trinajstić information content (AvgIpc) is 3.29. The number of fused-ring (bicyclic) bond motifs is 1. The van der Waals surface area contributed by atoms with Crippen molar-refractivity contribution in [2.45, 2.75) is 44.6 Å². The van der Waals surface area contributed by atoms with Crippen molar-refractivity contribution < 1.29 is 4.79 Å². The van der Waals surface area contributed by atoms with Crippen LogP contribution in [-0.2, 0) is 12.8 Å². The molecule has 1 amide bonds. The standard InChI is InChI=1S/C26H29ClN6O/c27-22-16-29-26(32-25(22)31-23-6-2-1-5-21(23)24(28)34)30-19-10-7-17-8-11-20(12-9-18(17)15-19)33-13-3-4-14-33/h1-2,5-7,10,15-16,20H,3-4,8-9,11-14H2,(H2,28,34)(H2,29,30,31,32)/t20-/m0/s1. The van der Waals surface area contributed by atoms with Crippen LogP contribution in [0.2, 0.25) is 5.02 Å². The van der Waals surface area contributed by atoms with E-state index in [0.29, 0.717) is 34.1 Å². The van der Waals surface area contributed by atoms with Crippen molar-refractivity contribution in [2.75, 3.05) is 23.7 Å². The third-order valence-corrected chi connectivity index (χ3v) is 7.08. The van der Waals surface area contributed by atoms with E-state index in [2.05, 4.69) is 43.7 Å². The fourth-order valence-corrected chi connectivity index (χ4v) is 5.16. The Bertz CT molecular complexity index is 1190. The Morgan fingerprint density at radius 3 is 2.59 bits per heavy atom. The maximum absolute atomic E-state index is 11.7. The van der Waals surface area contributed by atoms with Crippen molar-refractivity contribution in [3.63, 3.8) is 0 Å². The maximum Gasteiger partial charge on any atom is 0.250 e. The summed E-state index contributed by atoms with van der Waals surface area (Å²) >= 11 is 6.33. The molecule has 0 radical (unpaired) electrons. The van der Waals surface area contributed by atoms with Crippen LogP contribution in [0, 0.1) is 0 Å². The highest BCUT2D eigenvalue weighted by atomic mass is 35.5. The minimum Gasteiger partial charge on any atom is -0.366 e. The summed E-state index contributed by atoms with van der Waals surface area (Å²) in [5, 5.41) is 6.77. The summed E-state index contributed by atoms with van der Waals surface area (Å²) in [7, 11) is 0. The van der Waals surface area contributed by atoms with E-state index in [1.54, 1.807) is 18.2 Å². The van der Waals surface area contributed by atoms with Gasteiger partial charge in [-0.15, -0.1) is 0 Å². The second-order valence-corrected chi connectivity index (χ2v) is 9.41. The number of benzene rings is 2. The number of hydrogen-bond acceptors (Lipinski definition) is 6. The Kier molecular flexibility index (Phi) is 6.65. The maximum atomic E-state index is 11.7. The molecule has 1 aromatic heterocycles. The molecule has 5 rings (SSSR count). The number of primary amides is 1. The lowest BCUT2D eigenvalue weighted by Crippen LogP contribution is -2.32. The molecule has 2 aromatic carbocycles. The van der Waals surface area contributed by atoms with Crippen molar-refractivity contribution in [3.8, 4) is 0 Å². The van der Waals surface area contributed by atoms with Gasteiger partial charge in [-0.05, 0) is 87.0 Å². The first-order valence-corrected chi connectivity index (χ1v) is 12.3. The van der Waals surface area contributed by atoms with Crippen molar-refractivity contribution in [3.05, 3.63) is 70.4 Å². The molecule has 8 heteroatoms. The number of rotatable bonds is 6. The predicted molar refractivity (Wildman–Crippen MR) is 136 cm³/mol. The highest BCUT2D eigenvalue weighted by molar-refractivity contribution is 6.33. The largest absolute Gasteiger partial charge is 0.366 e. The minimum atomic E-state index is -0.524. The topological polar surface area (TPSA) is 96.2 Å². The number of nitrogens with two attached hydrogens (primary N) is 1. The summed E-state index contributed by atoms with van der Waals surface area (Å²) in [6, 6.07) is 14.2. The molecule has 1 saturated heterocycles. The van der Waals surface area contributed by atoms with Gasteiger partial charge in [0.1, 0.15) is 5.02 Å². The monoisotopic (exact) mass is 476 g/mol. The zero-order valence-corrected chi connectivity index (χ0v) is 19.8. The minimum absolute atomic E-state index is 0.347. The van der Waals surface area contributed by atoms with Gasteiger partial charge < -0.3 is 21.3 Å². The Hall–Kier alpha value is -3.16. The molecule has 4 N–H and O–H groups in total.